The van der Waals surface area contributed by atoms with Crippen LogP contribution in [0.3, 0.4) is 0 Å². The van der Waals surface area contributed by atoms with Gasteiger partial charge in [-0.1, -0.05) is 25.4 Å². The molecule has 2 aromatic rings. The Labute approximate surface area is 118 Å². The van der Waals surface area contributed by atoms with Gasteiger partial charge in [-0.3, -0.25) is 0 Å². The van der Waals surface area contributed by atoms with Crippen LogP contribution in [0.1, 0.15) is 25.3 Å². The molecule has 0 aliphatic heterocycles. The fourth-order valence-electron chi connectivity index (χ4n) is 1.91. The highest BCUT2D eigenvalue weighted by Gasteiger charge is 2.14. The van der Waals surface area contributed by atoms with E-state index in [1.807, 2.05) is 31.3 Å². The Hall–Kier alpha value is -1.81. The van der Waals surface area contributed by atoms with E-state index in [0.29, 0.717) is 10.9 Å². The molecule has 0 atom stereocenters. The summed E-state index contributed by atoms with van der Waals surface area (Å²) in [6.07, 6.45) is 1.55. The van der Waals surface area contributed by atoms with Crippen molar-refractivity contribution in [2.24, 2.45) is 0 Å². The lowest BCUT2D eigenvalue weighted by Gasteiger charge is -2.16. The Morgan fingerprint density at radius 2 is 1.68 bits per heavy atom. The van der Waals surface area contributed by atoms with Crippen molar-refractivity contribution >= 4 is 28.9 Å². The van der Waals surface area contributed by atoms with Gasteiger partial charge in [0.2, 0.25) is 0 Å². The Morgan fingerprint density at radius 3 is 2.26 bits per heavy atom. The molecule has 0 aliphatic carbocycles. The third-order valence-electron chi connectivity index (χ3n) is 2.81. The number of benzene rings is 1. The van der Waals surface area contributed by atoms with Crippen LogP contribution in [0.5, 0.6) is 0 Å². The molecule has 2 rings (SSSR count). The number of hydrogen-bond acceptors (Lipinski definition) is 4. The van der Waals surface area contributed by atoms with Crippen LogP contribution in [0.15, 0.2) is 30.6 Å². The molecule has 100 valence electrons. The van der Waals surface area contributed by atoms with Crippen LogP contribution in [0.25, 0.3) is 0 Å². The molecule has 0 saturated heterocycles. The molecule has 0 amide bonds. The Bertz CT molecular complexity index is 552. The average molecular weight is 277 g/mol. The van der Waals surface area contributed by atoms with E-state index in [-0.39, 0.29) is 0 Å². The molecule has 0 spiro atoms. The molecule has 0 bridgehead atoms. The van der Waals surface area contributed by atoms with Crippen molar-refractivity contribution in [3.63, 3.8) is 0 Å². The maximum Gasteiger partial charge on any atom is 0.139 e. The number of nitrogens with one attached hydrogen (secondary N) is 2. The summed E-state index contributed by atoms with van der Waals surface area (Å²) in [5.74, 6) is 1.98. The molecule has 19 heavy (non-hydrogen) atoms. The van der Waals surface area contributed by atoms with Crippen LogP contribution in [-0.4, -0.2) is 17.0 Å². The molecule has 0 saturated carbocycles. The number of anilines is 3. The summed E-state index contributed by atoms with van der Waals surface area (Å²) in [5, 5.41) is 7.12. The van der Waals surface area contributed by atoms with Gasteiger partial charge in [-0.05, 0) is 30.2 Å². The van der Waals surface area contributed by atoms with E-state index in [4.69, 9.17) is 11.6 Å². The van der Waals surface area contributed by atoms with E-state index in [1.165, 1.54) is 0 Å². The fraction of sp³-hybridized carbons (Fsp3) is 0.286. The molecule has 0 fully saturated rings. The summed E-state index contributed by atoms with van der Waals surface area (Å²) in [6.45, 7) is 4.24. The molecule has 1 aromatic carbocycles. The predicted molar refractivity (Wildman–Crippen MR) is 80.4 cm³/mol. The number of halogens is 1. The van der Waals surface area contributed by atoms with Crippen molar-refractivity contribution in [3.05, 3.63) is 41.2 Å². The lowest BCUT2D eigenvalue weighted by Crippen LogP contribution is -2.06. The maximum atomic E-state index is 5.88. The number of hydrogen-bond donors (Lipinski definition) is 2. The van der Waals surface area contributed by atoms with Gasteiger partial charge in [0, 0.05) is 23.3 Å². The summed E-state index contributed by atoms with van der Waals surface area (Å²) in [5.41, 5.74) is 2.02. The molecule has 0 unspecified atom stereocenters. The summed E-state index contributed by atoms with van der Waals surface area (Å²) in [4.78, 5) is 8.58. The second-order valence-corrected chi connectivity index (χ2v) is 4.96. The van der Waals surface area contributed by atoms with Gasteiger partial charge in [0.05, 0.1) is 0 Å². The van der Waals surface area contributed by atoms with E-state index < -0.39 is 0 Å². The van der Waals surface area contributed by atoms with Crippen molar-refractivity contribution in [3.8, 4) is 0 Å². The van der Waals surface area contributed by atoms with Crippen molar-refractivity contribution < 1.29 is 0 Å². The Kier molecular flexibility index (Phi) is 4.22. The van der Waals surface area contributed by atoms with Gasteiger partial charge in [0.25, 0.3) is 0 Å². The normalized spacial score (nSPS) is 10.6. The largest absolute Gasteiger partial charge is 0.373 e. The second kappa shape index (κ2) is 5.89. The highest BCUT2D eigenvalue weighted by molar-refractivity contribution is 6.30. The summed E-state index contributed by atoms with van der Waals surface area (Å²) < 4.78 is 0. The molecule has 2 N–H and O–H groups in total. The van der Waals surface area contributed by atoms with E-state index in [9.17, 15) is 0 Å². The Morgan fingerprint density at radius 1 is 1.05 bits per heavy atom. The van der Waals surface area contributed by atoms with Gasteiger partial charge in [-0.2, -0.15) is 0 Å². The topological polar surface area (TPSA) is 49.8 Å². The van der Waals surface area contributed by atoms with Gasteiger partial charge >= 0.3 is 0 Å². The first-order valence-electron chi connectivity index (χ1n) is 6.17. The van der Waals surface area contributed by atoms with Crippen molar-refractivity contribution in [1.82, 2.24) is 9.97 Å². The monoisotopic (exact) mass is 276 g/mol. The van der Waals surface area contributed by atoms with Crippen LogP contribution in [-0.2, 0) is 0 Å². The average Bonchev–Trinajstić information content (AvgIpc) is 2.40. The van der Waals surface area contributed by atoms with E-state index in [0.717, 1.165) is 22.9 Å². The van der Waals surface area contributed by atoms with Crippen LogP contribution >= 0.6 is 11.6 Å². The predicted octanol–water partition coefficient (Wildman–Crippen LogP) is 4.04. The van der Waals surface area contributed by atoms with Crippen molar-refractivity contribution in [2.45, 2.75) is 19.8 Å². The van der Waals surface area contributed by atoms with Gasteiger partial charge in [0.1, 0.15) is 18.0 Å². The summed E-state index contributed by atoms with van der Waals surface area (Å²) in [7, 11) is 1.86. The highest BCUT2D eigenvalue weighted by Crippen LogP contribution is 2.30. The molecule has 5 heteroatoms. The van der Waals surface area contributed by atoms with E-state index in [2.05, 4.69) is 34.4 Å². The Balaban J connectivity index is 2.36. The number of aromatic nitrogens is 2. The van der Waals surface area contributed by atoms with Gasteiger partial charge in [0.15, 0.2) is 0 Å². The molecule has 1 aromatic heterocycles. The molecular formula is C14H17ClN4. The van der Waals surface area contributed by atoms with Crippen LogP contribution in [0.4, 0.5) is 17.3 Å². The van der Waals surface area contributed by atoms with Crippen molar-refractivity contribution in [2.75, 3.05) is 17.7 Å². The zero-order valence-corrected chi connectivity index (χ0v) is 12.0. The van der Waals surface area contributed by atoms with Crippen molar-refractivity contribution in [1.29, 1.82) is 0 Å². The minimum atomic E-state index is 0.318. The van der Waals surface area contributed by atoms with Gasteiger partial charge in [-0.15, -0.1) is 0 Å². The smallest absolute Gasteiger partial charge is 0.139 e. The van der Waals surface area contributed by atoms with Crippen LogP contribution < -0.4 is 10.6 Å². The minimum absolute atomic E-state index is 0.318. The van der Waals surface area contributed by atoms with Crippen LogP contribution in [0.2, 0.25) is 5.02 Å². The lowest BCUT2D eigenvalue weighted by molar-refractivity contribution is 0.852. The standard InChI is InChI=1S/C14H17ClN4/c1-9(2)12-13(16-3)17-8-18-14(12)19-11-6-4-10(15)5-7-11/h4-9H,1-3H3,(H2,16,17,18,19). The highest BCUT2D eigenvalue weighted by atomic mass is 35.5. The lowest BCUT2D eigenvalue weighted by atomic mass is 10.0. The fourth-order valence-corrected chi connectivity index (χ4v) is 2.04. The zero-order chi connectivity index (χ0) is 13.8. The quantitative estimate of drug-likeness (QED) is 0.885. The molecule has 0 radical (unpaired) electrons. The number of rotatable bonds is 4. The van der Waals surface area contributed by atoms with Gasteiger partial charge < -0.3 is 10.6 Å². The maximum absolute atomic E-state index is 5.88. The third-order valence-corrected chi connectivity index (χ3v) is 3.06. The zero-order valence-electron chi connectivity index (χ0n) is 11.2. The second-order valence-electron chi connectivity index (χ2n) is 4.52. The molecule has 4 nitrogen and oxygen atoms in total. The van der Waals surface area contributed by atoms with E-state index >= 15 is 0 Å². The minimum Gasteiger partial charge on any atom is -0.373 e. The molecule has 0 aliphatic rings. The summed E-state index contributed by atoms with van der Waals surface area (Å²) >= 11 is 5.88. The number of nitrogens with zero attached hydrogens (tertiary/aromatic N) is 2. The third kappa shape index (κ3) is 3.15. The first-order valence-corrected chi connectivity index (χ1v) is 6.55. The van der Waals surface area contributed by atoms with Gasteiger partial charge in [-0.25, -0.2) is 9.97 Å². The van der Waals surface area contributed by atoms with E-state index in [1.54, 1.807) is 6.33 Å². The first-order chi connectivity index (χ1) is 9.11. The SMILES string of the molecule is CNc1ncnc(Nc2ccc(Cl)cc2)c1C(C)C. The molecule has 1 heterocycles. The summed E-state index contributed by atoms with van der Waals surface area (Å²) in [6, 6.07) is 7.54. The van der Waals surface area contributed by atoms with Crippen LogP contribution in [0, 0.1) is 0 Å². The molecular weight excluding hydrogens is 260 g/mol. The first kappa shape index (κ1) is 13.6.